The lowest BCUT2D eigenvalue weighted by Gasteiger charge is -2.38. The topological polar surface area (TPSA) is 104 Å². The lowest BCUT2D eigenvalue weighted by Crippen LogP contribution is -2.54. The van der Waals surface area contributed by atoms with Crippen LogP contribution in [-0.4, -0.2) is 53.4 Å². The zero-order valence-electron chi connectivity index (χ0n) is 15.9. The van der Waals surface area contributed by atoms with E-state index in [-0.39, 0.29) is 0 Å². The first-order valence-corrected chi connectivity index (χ1v) is 9.68. The molecule has 1 heterocycles. The number of nitriles is 1. The number of hydrogen-bond donors (Lipinski definition) is 2. The minimum atomic E-state index is -3.18. The Balaban J connectivity index is 1.62. The van der Waals surface area contributed by atoms with E-state index in [2.05, 4.69) is 10.6 Å². The molecule has 0 unspecified atom stereocenters. The van der Waals surface area contributed by atoms with Crippen molar-refractivity contribution in [2.24, 2.45) is 0 Å². The number of carbonyl (C=O) groups is 2. The molecule has 0 radical (unpaired) electrons. The molecule has 3 rings (SSSR count). The number of hydrogen-bond acceptors (Lipinski definition) is 6. The first kappa shape index (κ1) is 20.7. The highest BCUT2D eigenvalue weighted by molar-refractivity contribution is 5.86. The van der Waals surface area contributed by atoms with Gasteiger partial charge in [-0.2, -0.15) is 5.26 Å². The van der Waals surface area contributed by atoms with Gasteiger partial charge in [0.05, 0.1) is 19.2 Å². The third kappa shape index (κ3) is 4.89. The molecule has 8 nitrogen and oxygen atoms in total. The van der Waals surface area contributed by atoms with Gasteiger partial charge in [-0.15, -0.1) is 5.06 Å². The second-order valence-corrected chi connectivity index (χ2v) is 7.99. The molecule has 2 amide bonds. The first-order chi connectivity index (χ1) is 13.2. The Morgan fingerprint density at radius 1 is 1.29 bits per heavy atom. The molecule has 10 heteroatoms. The number of alkyl halides is 2. The number of nitrogens with zero attached hydrogens (tertiary/aromatic N) is 2. The minimum Gasteiger partial charge on any atom is -0.356 e. The molecule has 2 aliphatic carbocycles. The molecule has 3 fully saturated rings. The first-order valence-electron chi connectivity index (χ1n) is 9.68. The van der Waals surface area contributed by atoms with Gasteiger partial charge >= 0.3 is 6.09 Å². The molecule has 0 aromatic heterocycles. The van der Waals surface area contributed by atoms with Crippen LogP contribution in [0.2, 0.25) is 0 Å². The standard InChI is InChI=1S/C18H26F2N4O4/c1-16(19,20)11-13(14(25)23-17(12-21)7-8-17)22-15(26)28-24-9-10-27-18(24)5-3-2-4-6-18/h13H,2-11H2,1H3,(H,22,26)(H,23,25)/t13-/m0/s1. The fourth-order valence-corrected chi connectivity index (χ4v) is 3.77. The molecule has 1 aliphatic heterocycles. The van der Waals surface area contributed by atoms with Gasteiger partial charge in [-0.25, -0.2) is 13.6 Å². The molecule has 0 bridgehead atoms. The number of rotatable bonds is 6. The summed E-state index contributed by atoms with van der Waals surface area (Å²) in [6, 6.07) is 0.454. The van der Waals surface area contributed by atoms with Crippen molar-refractivity contribution in [2.75, 3.05) is 13.2 Å². The molecular weight excluding hydrogens is 374 g/mol. The molecular formula is C18H26F2N4O4. The van der Waals surface area contributed by atoms with E-state index in [1.165, 1.54) is 5.06 Å². The lowest BCUT2D eigenvalue weighted by molar-refractivity contribution is -0.234. The summed E-state index contributed by atoms with van der Waals surface area (Å²) in [5.41, 5.74) is -1.68. The summed E-state index contributed by atoms with van der Waals surface area (Å²) in [5.74, 6) is -4.00. The van der Waals surface area contributed by atoms with Crippen molar-refractivity contribution in [3.63, 3.8) is 0 Å². The highest BCUT2D eigenvalue weighted by atomic mass is 19.3. The minimum absolute atomic E-state index is 0.381. The van der Waals surface area contributed by atoms with Crippen LogP contribution in [0.3, 0.4) is 0 Å². The fourth-order valence-electron chi connectivity index (χ4n) is 3.77. The van der Waals surface area contributed by atoms with Crippen molar-refractivity contribution in [1.29, 1.82) is 5.26 Å². The Hall–Kier alpha value is -1.99. The molecule has 1 atom stereocenters. The van der Waals surface area contributed by atoms with Gasteiger partial charge < -0.3 is 20.2 Å². The van der Waals surface area contributed by atoms with E-state index < -0.39 is 41.6 Å². The zero-order chi connectivity index (χ0) is 20.4. The van der Waals surface area contributed by atoms with Gasteiger partial charge in [0, 0.05) is 6.42 Å². The van der Waals surface area contributed by atoms with Crippen molar-refractivity contribution in [3.05, 3.63) is 0 Å². The number of halogens is 2. The van der Waals surface area contributed by atoms with Crippen LogP contribution >= 0.6 is 0 Å². The van der Waals surface area contributed by atoms with Gasteiger partial charge in [-0.05, 0) is 45.4 Å². The van der Waals surface area contributed by atoms with Crippen molar-refractivity contribution in [3.8, 4) is 6.07 Å². The van der Waals surface area contributed by atoms with Crippen molar-refractivity contribution < 1.29 is 27.9 Å². The molecule has 2 saturated carbocycles. The molecule has 28 heavy (non-hydrogen) atoms. The molecule has 1 spiro atoms. The summed E-state index contributed by atoms with van der Waals surface area (Å²) in [7, 11) is 0. The summed E-state index contributed by atoms with van der Waals surface area (Å²) in [5, 5.41) is 15.2. The van der Waals surface area contributed by atoms with Gasteiger partial charge in [0.25, 0.3) is 0 Å². The number of carbonyl (C=O) groups excluding carboxylic acids is 2. The molecule has 156 valence electrons. The van der Waals surface area contributed by atoms with E-state index in [4.69, 9.17) is 14.8 Å². The Morgan fingerprint density at radius 2 is 1.96 bits per heavy atom. The predicted molar refractivity (Wildman–Crippen MR) is 92.8 cm³/mol. The second kappa shape index (κ2) is 7.79. The third-order valence-electron chi connectivity index (χ3n) is 5.45. The second-order valence-electron chi connectivity index (χ2n) is 7.99. The third-order valence-corrected chi connectivity index (χ3v) is 5.45. The van der Waals surface area contributed by atoms with Gasteiger partial charge in [-0.3, -0.25) is 4.79 Å². The summed E-state index contributed by atoms with van der Waals surface area (Å²) >= 11 is 0. The number of nitrogens with one attached hydrogen (secondary N) is 2. The van der Waals surface area contributed by atoms with Gasteiger partial charge in [-0.1, -0.05) is 6.42 Å². The number of hydroxylamine groups is 2. The molecule has 0 aromatic rings. The monoisotopic (exact) mass is 400 g/mol. The lowest BCUT2D eigenvalue weighted by atomic mass is 9.92. The van der Waals surface area contributed by atoms with Crippen LogP contribution in [0.5, 0.6) is 0 Å². The van der Waals surface area contributed by atoms with Crippen molar-refractivity contribution in [1.82, 2.24) is 15.7 Å². The van der Waals surface area contributed by atoms with E-state index >= 15 is 0 Å². The normalized spacial score (nSPS) is 24.2. The maximum absolute atomic E-state index is 13.5. The average Bonchev–Trinajstić information content (AvgIpc) is 3.31. The highest BCUT2D eigenvalue weighted by Crippen LogP contribution is 2.38. The Morgan fingerprint density at radius 3 is 2.54 bits per heavy atom. The van der Waals surface area contributed by atoms with E-state index in [0.717, 1.165) is 32.1 Å². The highest BCUT2D eigenvalue weighted by Gasteiger charge is 2.48. The summed E-state index contributed by atoms with van der Waals surface area (Å²) < 4.78 is 32.9. The van der Waals surface area contributed by atoms with Crippen molar-refractivity contribution in [2.45, 2.75) is 81.5 Å². The van der Waals surface area contributed by atoms with E-state index in [1.807, 2.05) is 6.07 Å². The van der Waals surface area contributed by atoms with Gasteiger partial charge in [0.2, 0.25) is 11.8 Å². The van der Waals surface area contributed by atoms with E-state index in [1.54, 1.807) is 0 Å². The Kier molecular flexibility index (Phi) is 5.77. The molecule has 1 saturated heterocycles. The maximum atomic E-state index is 13.5. The average molecular weight is 400 g/mol. The van der Waals surface area contributed by atoms with Crippen LogP contribution < -0.4 is 10.6 Å². The molecule has 2 N–H and O–H groups in total. The van der Waals surface area contributed by atoms with Crippen LogP contribution in [0, 0.1) is 11.3 Å². The zero-order valence-corrected chi connectivity index (χ0v) is 15.9. The van der Waals surface area contributed by atoms with Crippen LogP contribution in [0.1, 0.15) is 58.3 Å². The SMILES string of the molecule is CC(F)(F)C[C@H](NC(=O)ON1CCOC12CCCCC2)C(=O)NC1(C#N)CC1. The predicted octanol–water partition coefficient (Wildman–Crippen LogP) is 2.21. The van der Waals surface area contributed by atoms with Crippen LogP contribution in [0.25, 0.3) is 0 Å². The quantitative estimate of drug-likeness (QED) is 0.709. The van der Waals surface area contributed by atoms with Gasteiger partial charge in [0.1, 0.15) is 11.6 Å². The van der Waals surface area contributed by atoms with E-state index in [0.29, 0.717) is 32.9 Å². The van der Waals surface area contributed by atoms with Crippen molar-refractivity contribution >= 4 is 12.0 Å². The summed E-state index contributed by atoms with van der Waals surface area (Å²) in [6.45, 7) is 1.46. The van der Waals surface area contributed by atoms with E-state index in [9.17, 15) is 18.4 Å². The van der Waals surface area contributed by atoms with Crippen LogP contribution in [-0.2, 0) is 14.4 Å². The summed E-state index contributed by atoms with van der Waals surface area (Å²) in [4.78, 5) is 30.1. The van der Waals surface area contributed by atoms with Crippen LogP contribution in [0.15, 0.2) is 0 Å². The number of ether oxygens (including phenoxy) is 1. The largest absolute Gasteiger partial charge is 0.427 e. The molecule has 0 aromatic carbocycles. The smallest absolute Gasteiger partial charge is 0.356 e. The Labute approximate surface area is 162 Å². The maximum Gasteiger partial charge on any atom is 0.427 e. The Bertz CT molecular complexity index is 651. The van der Waals surface area contributed by atoms with Gasteiger partial charge in [0.15, 0.2) is 5.72 Å². The summed E-state index contributed by atoms with van der Waals surface area (Å²) in [6.07, 6.45) is 3.48. The number of amides is 2. The molecule has 3 aliphatic rings. The fraction of sp³-hybridized carbons (Fsp3) is 0.833. The van der Waals surface area contributed by atoms with Crippen LogP contribution in [0.4, 0.5) is 13.6 Å².